The predicted molar refractivity (Wildman–Crippen MR) is 73.1 cm³/mol. The normalized spacial score (nSPS) is 29.8. The third-order valence-corrected chi connectivity index (χ3v) is 4.26. The molecule has 0 radical (unpaired) electrons. The second kappa shape index (κ2) is 7.34. The van der Waals surface area contributed by atoms with Crippen LogP contribution in [0.2, 0.25) is 0 Å². The lowest BCUT2D eigenvalue weighted by Crippen LogP contribution is -2.43. The third-order valence-electron chi connectivity index (χ3n) is 4.26. The summed E-state index contributed by atoms with van der Waals surface area (Å²) in [6.45, 7) is 6.33. The zero-order valence-electron chi connectivity index (χ0n) is 11.9. The highest BCUT2D eigenvalue weighted by atomic mass is 16.5. The van der Waals surface area contributed by atoms with Gasteiger partial charge in [-0.3, -0.25) is 0 Å². The number of ether oxygens (including phenoxy) is 1. The Balaban J connectivity index is 2.34. The molecule has 1 saturated carbocycles. The van der Waals surface area contributed by atoms with Crippen molar-refractivity contribution in [1.82, 2.24) is 4.90 Å². The van der Waals surface area contributed by atoms with E-state index in [1.165, 1.54) is 25.7 Å². The molecule has 0 unspecified atom stereocenters. The van der Waals surface area contributed by atoms with E-state index in [0.717, 1.165) is 38.6 Å². The number of nitrogens with two attached hydrogens (primary N) is 1. The Hall–Kier alpha value is -0.120. The minimum Gasteiger partial charge on any atom is -0.385 e. The molecule has 0 aromatic rings. The van der Waals surface area contributed by atoms with Gasteiger partial charge in [-0.05, 0) is 44.2 Å². The molecule has 0 bridgehead atoms. The number of rotatable bonds is 7. The number of nitrogens with zero attached hydrogens (tertiary/aromatic N) is 1. The van der Waals surface area contributed by atoms with Crippen molar-refractivity contribution in [3.8, 4) is 0 Å². The smallest absolute Gasteiger partial charge is 0.0474 e. The van der Waals surface area contributed by atoms with Gasteiger partial charge < -0.3 is 15.4 Å². The van der Waals surface area contributed by atoms with Gasteiger partial charge in [0, 0.05) is 26.8 Å². The van der Waals surface area contributed by atoms with Crippen LogP contribution in [-0.2, 0) is 4.74 Å². The van der Waals surface area contributed by atoms with E-state index in [2.05, 4.69) is 18.9 Å². The van der Waals surface area contributed by atoms with Gasteiger partial charge in [0.25, 0.3) is 0 Å². The average Bonchev–Trinajstić information content (AvgIpc) is 2.33. The van der Waals surface area contributed by atoms with Gasteiger partial charge in [-0.15, -0.1) is 0 Å². The van der Waals surface area contributed by atoms with Crippen LogP contribution >= 0.6 is 0 Å². The lowest BCUT2D eigenvalue weighted by atomic mass is 9.70. The summed E-state index contributed by atoms with van der Waals surface area (Å²) >= 11 is 0. The van der Waals surface area contributed by atoms with Crippen molar-refractivity contribution in [3.05, 3.63) is 0 Å². The molecule has 0 heterocycles. The standard InChI is InChI=1S/C14H30N2O/c1-13-5-7-14(11-15,8-6-13)12-16(2)9-4-10-17-3/h13H,4-12,15H2,1-3H3. The van der Waals surface area contributed by atoms with Gasteiger partial charge in [0.2, 0.25) is 0 Å². The van der Waals surface area contributed by atoms with Crippen LogP contribution in [0.1, 0.15) is 39.0 Å². The van der Waals surface area contributed by atoms with E-state index in [1.807, 2.05) is 0 Å². The first kappa shape index (κ1) is 14.9. The van der Waals surface area contributed by atoms with E-state index in [0.29, 0.717) is 5.41 Å². The van der Waals surface area contributed by atoms with Crippen LogP contribution in [0.25, 0.3) is 0 Å². The fourth-order valence-corrected chi connectivity index (χ4v) is 2.93. The molecule has 0 aromatic heterocycles. The lowest BCUT2D eigenvalue weighted by Gasteiger charge is -2.41. The molecule has 1 fully saturated rings. The molecular formula is C14H30N2O. The zero-order valence-corrected chi connectivity index (χ0v) is 11.9. The van der Waals surface area contributed by atoms with Gasteiger partial charge in [-0.1, -0.05) is 19.8 Å². The van der Waals surface area contributed by atoms with Crippen molar-refractivity contribution in [2.45, 2.75) is 39.0 Å². The van der Waals surface area contributed by atoms with Gasteiger partial charge >= 0.3 is 0 Å². The average molecular weight is 242 g/mol. The Labute approximate surface area is 107 Å². The maximum Gasteiger partial charge on any atom is 0.0474 e. The molecule has 1 rings (SSSR count). The van der Waals surface area contributed by atoms with Crippen LogP contribution < -0.4 is 5.73 Å². The first-order valence-corrected chi connectivity index (χ1v) is 6.99. The summed E-state index contributed by atoms with van der Waals surface area (Å²) in [5.41, 5.74) is 6.42. The Bertz CT molecular complexity index is 200. The fraction of sp³-hybridized carbons (Fsp3) is 1.00. The number of methoxy groups -OCH3 is 1. The summed E-state index contributed by atoms with van der Waals surface area (Å²) in [6, 6.07) is 0. The van der Waals surface area contributed by atoms with Crippen molar-refractivity contribution in [3.63, 3.8) is 0 Å². The summed E-state index contributed by atoms with van der Waals surface area (Å²) < 4.78 is 5.10. The SMILES string of the molecule is COCCCN(C)CC1(CN)CCC(C)CC1. The van der Waals surface area contributed by atoms with Crippen LogP contribution in [0.4, 0.5) is 0 Å². The number of hydrogen-bond donors (Lipinski definition) is 1. The molecular weight excluding hydrogens is 212 g/mol. The summed E-state index contributed by atoms with van der Waals surface area (Å²) in [5.74, 6) is 0.897. The van der Waals surface area contributed by atoms with E-state index in [1.54, 1.807) is 7.11 Å². The molecule has 17 heavy (non-hydrogen) atoms. The Morgan fingerprint density at radius 1 is 1.35 bits per heavy atom. The predicted octanol–water partition coefficient (Wildman–Crippen LogP) is 2.11. The Kier molecular flexibility index (Phi) is 6.45. The summed E-state index contributed by atoms with van der Waals surface area (Å²) in [4.78, 5) is 2.43. The van der Waals surface area contributed by atoms with Gasteiger partial charge in [0.1, 0.15) is 0 Å². The summed E-state index contributed by atoms with van der Waals surface area (Å²) in [5, 5.41) is 0. The van der Waals surface area contributed by atoms with E-state index in [4.69, 9.17) is 10.5 Å². The highest BCUT2D eigenvalue weighted by Gasteiger charge is 2.33. The van der Waals surface area contributed by atoms with E-state index >= 15 is 0 Å². The highest BCUT2D eigenvalue weighted by molar-refractivity contribution is 4.87. The maximum absolute atomic E-state index is 6.04. The molecule has 3 heteroatoms. The Morgan fingerprint density at radius 2 is 2.00 bits per heavy atom. The number of hydrogen-bond acceptors (Lipinski definition) is 3. The topological polar surface area (TPSA) is 38.5 Å². The lowest BCUT2D eigenvalue weighted by molar-refractivity contribution is 0.101. The molecule has 0 atom stereocenters. The van der Waals surface area contributed by atoms with Crippen molar-refractivity contribution in [2.24, 2.45) is 17.1 Å². The molecule has 0 aromatic carbocycles. The highest BCUT2D eigenvalue weighted by Crippen LogP contribution is 2.38. The third kappa shape index (κ3) is 4.94. The molecule has 3 nitrogen and oxygen atoms in total. The maximum atomic E-state index is 6.04. The zero-order chi connectivity index (χ0) is 12.7. The molecule has 0 saturated heterocycles. The van der Waals surface area contributed by atoms with Crippen molar-refractivity contribution in [2.75, 3.05) is 40.4 Å². The fourth-order valence-electron chi connectivity index (χ4n) is 2.93. The van der Waals surface area contributed by atoms with Crippen molar-refractivity contribution < 1.29 is 4.74 Å². The molecule has 0 amide bonds. The van der Waals surface area contributed by atoms with Gasteiger partial charge in [0.05, 0.1) is 0 Å². The monoisotopic (exact) mass is 242 g/mol. The molecule has 2 N–H and O–H groups in total. The molecule has 0 aliphatic heterocycles. The van der Waals surface area contributed by atoms with Crippen LogP contribution in [-0.4, -0.2) is 45.3 Å². The largest absolute Gasteiger partial charge is 0.385 e. The van der Waals surface area contributed by atoms with Crippen molar-refractivity contribution in [1.29, 1.82) is 0 Å². The second-order valence-electron chi connectivity index (χ2n) is 5.97. The van der Waals surface area contributed by atoms with Crippen LogP contribution in [0.5, 0.6) is 0 Å². The van der Waals surface area contributed by atoms with Crippen LogP contribution in [0.15, 0.2) is 0 Å². The minimum absolute atomic E-state index is 0.383. The van der Waals surface area contributed by atoms with Gasteiger partial charge in [-0.2, -0.15) is 0 Å². The minimum atomic E-state index is 0.383. The molecule has 102 valence electrons. The molecule has 1 aliphatic carbocycles. The molecule has 0 spiro atoms. The van der Waals surface area contributed by atoms with Crippen LogP contribution in [0.3, 0.4) is 0 Å². The summed E-state index contributed by atoms with van der Waals surface area (Å²) in [6.07, 6.45) is 6.43. The summed E-state index contributed by atoms with van der Waals surface area (Å²) in [7, 11) is 3.98. The van der Waals surface area contributed by atoms with Gasteiger partial charge in [0.15, 0.2) is 0 Å². The van der Waals surface area contributed by atoms with Crippen LogP contribution in [0, 0.1) is 11.3 Å². The van der Waals surface area contributed by atoms with Gasteiger partial charge in [-0.25, -0.2) is 0 Å². The first-order valence-electron chi connectivity index (χ1n) is 6.99. The second-order valence-corrected chi connectivity index (χ2v) is 5.97. The van der Waals surface area contributed by atoms with E-state index < -0.39 is 0 Å². The molecule has 1 aliphatic rings. The van der Waals surface area contributed by atoms with Crippen molar-refractivity contribution >= 4 is 0 Å². The van der Waals surface area contributed by atoms with E-state index in [9.17, 15) is 0 Å². The first-order chi connectivity index (χ1) is 8.12. The quantitative estimate of drug-likeness (QED) is 0.695. The Morgan fingerprint density at radius 3 is 2.53 bits per heavy atom. The van der Waals surface area contributed by atoms with E-state index in [-0.39, 0.29) is 0 Å².